The van der Waals surface area contributed by atoms with Crippen molar-refractivity contribution in [1.29, 1.82) is 0 Å². The van der Waals surface area contributed by atoms with Gasteiger partial charge < -0.3 is 24.8 Å². The summed E-state index contributed by atoms with van der Waals surface area (Å²) < 4.78 is 11.3. The molecule has 1 saturated heterocycles. The molecule has 0 radical (unpaired) electrons. The van der Waals surface area contributed by atoms with Gasteiger partial charge in [-0.2, -0.15) is 0 Å². The molecule has 2 aliphatic rings. The largest absolute Gasteiger partial charge is 0.508 e. The average Bonchev–Trinajstić information content (AvgIpc) is 2.98. The summed E-state index contributed by atoms with van der Waals surface area (Å²) in [4.78, 5) is 2.66. The molecule has 0 saturated carbocycles. The van der Waals surface area contributed by atoms with Gasteiger partial charge in [0.25, 0.3) is 0 Å². The van der Waals surface area contributed by atoms with Crippen molar-refractivity contribution in [2.24, 2.45) is 0 Å². The predicted octanol–water partition coefficient (Wildman–Crippen LogP) is 7.54. The SMILES string of the molecule is COc1cc(NCCCc2ccc(CCN3CCCCCCC3)cc2)c([C@@H]2CCc3cc(O)ccc3C2)cc1OC. The van der Waals surface area contributed by atoms with E-state index in [0.717, 1.165) is 62.3 Å². The summed E-state index contributed by atoms with van der Waals surface area (Å²) in [5.74, 6) is 2.27. The summed E-state index contributed by atoms with van der Waals surface area (Å²) in [5, 5.41) is 13.6. The Labute approximate surface area is 246 Å². The molecule has 1 aliphatic heterocycles. The molecule has 3 aromatic carbocycles. The number of ether oxygens (including phenoxy) is 2. The van der Waals surface area contributed by atoms with Crippen molar-refractivity contribution in [1.82, 2.24) is 4.90 Å². The third-order valence-corrected chi connectivity index (χ3v) is 9.06. The summed E-state index contributed by atoms with van der Waals surface area (Å²) in [6.45, 7) is 4.62. The van der Waals surface area contributed by atoms with Crippen LogP contribution < -0.4 is 14.8 Å². The Kier molecular flexibility index (Phi) is 10.5. The van der Waals surface area contributed by atoms with Crippen molar-refractivity contribution in [2.45, 2.75) is 76.5 Å². The van der Waals surface area contributed by atoms with Crippen molar-refractivity contribution >= 4 is 5.69 Å². The zero-order chi connectivity index (χ0) is 28.4. The fraction of sp³-hybridized carbons (Fsp3) is 0.500. The maximum atomic E-state index is 9.90. The number of aryl methyl sites for hydroxylation is 2. The van der Waals surface area contributed by atoms with Crippen LogP contribution in [0.15, 0.2) is 54.6 Å². The van der Waals surface area contributed by atoms with E-state index in [0.29, 0.717) is 11.7 Å². The van der Waals surface area contributed by atoms with Gasteiger partial charge in [0.05, 0.1) is 14.2 Å². The highest BCUT2D eigenvalue weighted by molar-refractivity contribution is 5.62. The molecule has 5 heteroatoms. The standard InChI is InChI=1S/C36H48N2O3/c1-40-35-25-33(31-15-14-30-24-32(39)17-16-29(30)23-31)34(26-36(35)41-2)37-19-8-9-27-10-12-28(13-11-27)18-22-38-20-6-4-3-5-7-21-38/h10-13,16-17,24-26,31,37,39H,3-9,14-15,18-23H2,1-2H3/t31-/m1/s1. The molecule has 0 aromatic heterocycles. The monoisotopic (exact) mass is 556 g/mol. The Morgan fingerprint density at radius 3 is 2.22 bits per heavy atom. The van der Waals surface area contributed by atoms with Crippen LogP contribution in [0.3, 0.4) is 0 Å². The van der Waals surface area contributed by atoms with Crippen molar-refractivity contribution in [3.05, 3.63) is 82.4 Å². The number of hydrogen-bond donors (Lipinski definition) is 2. The fourth-order valence-electron chi connectivity index (χ4n) is 6.60. The highest BCUT2D eigenvalue weighted by Crippen LogP contribution is 2.42. The zero-order valence-electron chi connectivity index (χ0n) is 25.1. The van der Waals surface area contributed by atoms with Crippen LogP contribution in [-0.4, -0.2) is 50.4 Å². The van der Waals surface area contributed by atoms with Crippen LogP contribution in [0, 0.1) is 0 Å². The molecule has 0 amide bonds. The van der Waals surface area contributed by atoms with Crippen molar-refractivity contribution in [3.8, 4) is 17.2 Å². The predicted molar refractivity (Wildman–Crippen MR) is 169 cm³/mol. The lowest BCUT2D eigenvalue weighted by Crippen LogP contribution is -2.29. The zero-order valence-corrected chi connectivity index (χ0v) is 25.1. The van der Waals surface area contributed by atoms with Gasteiger partial charge in [0, 0.05) is 24.8 Å². The second-order valence-corrected chi connectivity index (χ2v) is 11.9. The number of fused-ring (bicyclic) bond motifs is 1. The van der Waals surface area contributed by atoms with Crippen LogP contribution >= 0.6 is 0 Å². The summed E-state index contributed by atoms with van der Waals surface area (Å²) in [5.41, 5.74) is 7.86. The first-order chi connectivity index (χ1) is 20.1. The number of likely N-dealkylation sites (tertiary alicyclic amines) is 1. The minimum absolute atomic E-state index is 0.355. The minimum Gasteiger partial charge on any atom is -0.508 e. The van der Waals surface area contributed by atoms with Crippen LogP contribution in [0.5, 0.6) is 17.2 Å². The number of nitrogens with zero attached hydrogens (tertiary/aromatic N) is 1. The fourth-order valence-corrected chi connectivity index (χ4v) is 6.60. The van der Waals surface area contributed by atoms with E-state index in [1.807, 2.05) is 6.07 Å². The molecule has 1 aliphatic carbocycles. The summed E-state index contributed by atoms with van der Waals surface area (Å²) in [6.07, 6.45) is 13.2. The second-order valence-electron chi connectivity index (χ2n) is 11.9. The molecule has 1 heterocycles. The van der Waals surface area contributed by atoms with E-state index >= 15 is 0 Å². The Hall–Kier alpha value is -3.18. The van der Waals surface area contributed by atoms with Crippen molar-refractivity contribution in [2.75, 3.05) is 45.7 Å². The number of hydrogen-bond acceptors (Lipinski definition) is 5. The van der Waals surface area contributed by atoms with Gasteiger partial charge in [-0.1, -0.05) is 49.6 Å². The summed E-state index contributed by atoms with van der Waals surface area (Å²) in [7, 11) is 3.40. The summed E-state index contributed by atoms with van der Waals surface area (Å²) >= 11 is 0. The molecule has 0 unspecified atom stereocenters. The van der Waals surface area contributed by atoms with Crippen LogP contribution in [0.25, 0.3) is 0 Å². The number of aromatic hydroxyl groups is 1. The van der Waals surface area contributed by atoms with Crippen LogP contribution in [-0.2, 0) is 25.7 Å². The average molecular weight is 557 g/mol. The quantitative estimate of drug-likeness (QED) is 0.239. The molecule has 5 nitrogen and oxygen atoms in total. The van der Waals surface area contributed by atoms with E-state index in [9.17, 15) is 5.11 Å². The summed E-state index contributed by atoms with van der Waals surface area (Å²) in [6, 6.07) is 19.4. The molecular weight excluding hydrogens is 508 g/mol. The first-order valence-electron chi connectivity index (χ1n) is 15.7. The van der Waals surface area contributed by atoms with Gasteiger partial charge in [-0.05, 0) is 116 Å². The topological polar surface area (TPSA) is 54.0 Å². The lowest BCUT2D eigenvalue weighted by Gasteiger charge is -2.28. The molecule has 0 spiro atoms. The highest BCUT2D eigenvalue weighted by Gasteiger charge is 2.24. The van der Waals surface area contributed by atoms with Gasteiger partial charge in [-0.25, -0.2) is 0 Å². The molecular formula is C36H48N2O3. The number of nitrogens with one attached hydrogen (secondary N) is 1. The van der Waals surface area contributed by atoms with E-state index in [1.165, 1.54) is 79.6 Å². The first-order valence-corrected chi connectivity index (χ1v) is 15.7. The van der Waals surface area contributed by atoms with Crippen LogP contribution in [0.1, 0.15) is 78.7 Å². The maximum Gasteiger partial charge on any atom is 0.162 e. The van der Waals surface area contributed by atoms with Crippen LogP contribution in [0.4, 0.5) is 5.69 Å². The van der Waals surface area contributed by atoms with Gasteiger partial charge in [-0.15, -0.1) is 0 Å². The van der Waals surface area contributed by atoms with Gasteiger partial charge in [0.1, 0.15) is 5.75 Å². The Balaban J connectivity index is 1.16. The molecule has 3 aromatic rings. The molecule has 0 bridgehead atoms. The van der Waals surface area contributed by atoms with Crippen molar-refractivity contribution < 1.29 is 14.6 Å². The maximum absolute atomic E-state index is 9.90. The van der Waals surface area contributed by atoms with E-state index in [-0.39, 0.29) is 0 Å². The van der Waals surface area contributed by atoms with E-state index in [1.54, 1.807) is 20.3 Å². The third kappa shape index (κ3) is 7.97. The number of methoxy groups -OCH3 is 2. The smallest absolute Gasteiger partial charge is 0.162 e. The third-order valence-electron chi connectivity index (χ3n) is 9.06. The van der Waals surface area contributed by atoms with Gasteiger partial charge >= 0.3 is 0 Å². The lowest BCUT2D eigenvalue weighted by molar-refractivity contribution is 0.250. The van der Waals surface area contributed by atoms with Gasteiger partial charge in [-0.3, -0.25) is 0 Å². The van der Waals surface area contributed by atoms with Crippen LogP contribution in [0.2, 0.25) is 0 Å². The molecule has 41 heavy (non-hydrogen) atoms. The number of benzene rings is 3. The number of rotatable bonds is 11. The lowest BCUT2D eigenvalue weighted by atomic mass is 9.79. The van der Waals surface area contributed by atoms with E-state index in [4.69, 9.17) is 9.47 Å². The van der Waals surface area contributed by atoms with Gasteiger partial charge in [0.2, 0.25) is 0 Å². The molecule has 220 valence electrons. The minimum atomic E-state index is 0.355. The normalized spacial score (nSPS) is 17.8. The number of anilines is 1. The second kappa shape index (κ2) is 14.6. The molecule has 5 rings (SSSR count). The number of phenolic OH excluding ortho intramolecular Hbond substituents is 1. The number of phenols is 1. The van der Waals surface area contributed by atoms with E-state index in [2.05, 4.69) is 52.7 Å². The molecule has 2 N–H and O–H groups in total. The Morgan fingerprint density at radius 1 is 0.805 bits per heavy atom. The van der Waals surface area contributed by atoms with Gasteiger partial charge in [0.15, 0.2) is 11.5 Å². The Morgan fingerprint density at radius 2 is 1.49 bits per heavy atom. The van der Waals surface area contributed by atoms with Crippen molar-refractivity contribution in [3.63, 3.8) is 0 Å². The van der Waals surface area contributed by atoms with E-state index < -0.39 is 0 Å². The highest BCUT2D eigenvalue weighted by atomic mass is 16.5. The molecule has 1 fully saturated rings. The first kappa shape index (κ1) is 29.3. The molecule has 1 atom stereocenters. The Bertz CT molecular complexity index is 1250.